The van der Waals surface area contributed by atoms with Gasteiger partial charge in [-0.25, -0.2) is 9.98 Å². The molecule has 2 aliphatic rings. The van der Waals surface area contributed by atoms with E-state index in [4.69, 9.17) is 14.5 Å². The zero-order chi connectivity index (χ0) is 29.3. The molecule has 4 heterocycles. The monoisotopic (exact) mass is 589 g/mol. The number of carbonyl (C=O) groups is 1. The maximum absolute atomic E-state index is 13.9. The van der Waals surface area contributed by atoms with Crippen LogP contribution in [0.25, 0.3) is 0 Å². The highest BCUT2D eigenvalue weighted by atomic mass is 32.1. The minimum Gasteiger partial charge on any atom is -0.497 e. The maximum Gasteiger partial charge on any atom is 0.416 e. The Morgan fingerprint density at radius 1 is 1.15 bits per heavy atom. The Labute approximate surface area is 239 Å². The Kier molecular flexibility index (Phi) is 7.98. The predicted octanol–water partition coefficient (Wildman–Crippen LogP) is 5.80. The molecule has 2 aromatic heterocycles. The Balaban J connectivity index is 1.57. The lowest BCUT2D eigenvalue weighted by atomic mass is 10.0. The molecule has 5 rings (SSSR count). The number of nitrogens with zero attached hydrogens (tertiary/aromatic N) is 5. The van der Waals surface area contributed by atoms with E-state index in [1.54, 1.807) is 24.3 Å². The molecule has 0 radical (unpaired) electrons. The molecule has 0 unspecified atom stereocenters. The Morgan fingerprint density at radius 2 is 1.95 bits per heavy atom. The summed E-state index contributed by atoms with van der Waals surface area (Å²) in [5.41, 5.74) is 0.0380. The second-order valence-electron chi connectivity index (χ2n) is 9.83. The van der Waals surface area contributed by atoms with Gasteiger partial charge < -0.3 is 29.3 Å². The first-order chi connectivity index (χ1) is 19.6. The van der Waals surface area contributed by atoms with Gasteiger partial charge >= 0.3 is 12.1 Å². The molecule has 41 heavy (non-hydrogen) atoms. The van der Waals surface area contributed by atoms with E-state index >= 15 is 0 Å². The third-order valence-corrected chi connectivity index (χ3v) is 8.29. The van der Waals surface area contributed by atoms with Gasteiger partial charge in [0.25, 0.3) is 0 Å². The van der Waals surface area contributed by atoms with Crippen molar-refractivity contribution in [2.45, 2.75) is 38.0 Å². The van der Waals surface area contributed by atoms with Crippen LogP contribution in [0.15, 0.2) is 53.0 Å². The lowest BCUT2D eigenvalue weighted by Crippen LogP contribution is -2.58. The summed E-state index contributed by atoms with van der Waals surface area (Å²) >= 11 is 1.41. The highest BCUT2D eigenvalue weighted by molar-refractivity contribution is 7.10. The number of thiophene rings is 1. The van der Waals surface area contributed by atoms with E-state index in [2.05, 4.69) is 9.88 Å². The number of alkyl halides is 3. The molecule has 2 atom stereocenters. The molecule has 1 saturated heterocycles. The Morgan fingerprint density at radius 3 is 2.63 bits per heavy atom. The molecule has 2 aliphatic heterocycles. The van der Waals surface area contributed by atoms with Crippen molar-refractivity contribution < 1.29 is 32.5 Å². The Bertz CT molecular complexity index is 1450. The molecule has 1 N–H and O–H groups in total. The third-order valence-electron chi connectivity index (χ3n) is 7.28. The minimum atomic E-state index is -4.58. The van der Waals surface area contributed by atoms with Gasteiger partial charge in [0.1, 0.15) is 17.3 Å². The number of ether oxygens (including phenoxy) is 2. The first-order valence-corrected chi connectivity index (χ1v) is 13.9. The number of aliphatic carboxylic acids is 1. The summed E-state index contributed by atoms with van der Waals surface area (Å²) < 4.78 is 52.5. The molecule has 0 bridgehead atoms. The van der Waals surface area contributed by atoms with Gasteiger partial charge in [0.15, 0.2) is 0 Å². The van der Waals surface area contributed by atoms with Crippen molar-refractivity contribution >= 4 is 40.5 Å². The van der Waals surface area contributed by atoms with Crippen molar-refractivity contribution in [3.63, 3.8) is 0 Å². The maximum atomic E-state index is 13.9. The standard InChI is InChI=1S/C28H30F3N5O4S/c1-17-16-34(11-12-35(17)24-15-19(39-2)8-10-32-24)27-33-20-9-13-41-26(20)21(5-7-25(37)38)36(27)22-14-18(28(29,30)31)4-6-23(22)40-3/h4,6,8-10,13-15,17,21H,5,7,11-12,16H2,1-3H3,(H,37,38)/t17-,21-/m1/s1. The molecule has 9 nitrogen and oxygen atoms in total. The summed E-state index contributed by atoms with van der Waals surface area (Å²) in [5.74, 6) is 1.15. The van der Waals surface area contributed by atoms with Crippen molar-refractivity contribution in [1.82, 2.24) is 9.88 Å². The fourth-order valence-electron chi connectivity index (χ4n) is 5.31. The number of anilines is 2. The van der Waals surface area contributed by atoms with Crippen molar-refractivity contribution in [2.75, 3.05) is 43.7 Å². The zero-order valence-corrected chi connectivity index (χ0v) is 23.6. The number of rotatable bonds is 7. The van der Waals surface area contributed by atoms with Gasteiger partial charge in [0, 0.05) is 44.4 Å². The van der Waals surface area contributed by atoms with Crippen molar-refractivity contribution in [2.24, 2.45) is 4.99 Å². The molecule has 1 aromatic carbocycles. The van der Waals surface area contributed by atoms with E-state index in [0.717, 1.165) is 22.8 Å². The molecular weight excluding hydrogens is 559 g/mol. The molecule has 0 amide bonds. The van der Waals surface area contributed by atoms with Gasteiger partial charge in [-0.2, -0.15) is 13.2 Å². The number of piperazine rings is 1. The van der Waals surface area contributed by atoms with Crippen LogP contribution in [0.5, 0.6) is 11.5 Å². The van der Waals surface area contributed by atoms with E-state index < -0.39 is 23.8 Å². The number of methoxy groups -OCH3 is 2. The lowest BCUT2D eigenvalue weighted by Gasteiger charge is -2.47. The number of aliphatic imine (C=N–C) groups is 1. The number of hydrogen-bond acceptors (Lipinski definition) is 9. The number of fused-ring (bicyclic) bond motifs is 1. The smallest absolute Gasteiger partial charge is 0.416 e. The highest BCUT2D eigenvalue weighted by Crippen LogP contribution is 2.47. The van der Waals surface area contributed by atoms with Gasteiger partial charge in [-0.3, -0.25) is 4.79 Å². The SMILES string of the molecule is COc1ccnc(N2CCN(C3=Nc4ccsc4[C@@H](CCC(=O)O)N3c3cc(C(F)(F)F)ccc3OC)C[C@H]2C)c1. The van der Waals surface area contributed by atoms with E-state index in [-0.39, 0.29) is 30.3 Å². The summed E-state index contributed by atoms with van der Waals surface area (Å²) in [6.07, 6.45) is -2.89. The summed E-state index contributed by atoms with van der Waals surface area (Å²) in [6.45, 7) is 3.62. The number of aromatic nitrogens is 1. The molecule has 1 fully saturated rings. The fourth-order valence-corrected chi connectivity index (χ4v) is 6.27. The zero-order valence-electron chi connectivity index (χ0n) is 22.8. The van der Waals surface area contributed by atoms with Crippen molar-refractivity contribution in [3.05, 3.63) is 58.4 Å². The van der Waals surface area contributed by atoms with Crippen LogP contribution in [0.4, 0.5) is 30.4 Å². The number of hydrogen-bond donors (Lipinski definition) is 1. The lowest BCUT2D eigenvalue weighted by molar-refractivity contribution is -0.138. The summed E-state index contributed by atoms with van der Waals surface area (Å²) in [5, 5.41) is 11.4. The molecule has 218 valence electrons. The largest absolute Gasteiger partial charge is 0.497 e. The van der Waals surface area contributed by atoms with Crippen LogP contribution in [0.2, 0.25) is 0 Å². The van der Waals surface area contributed by atoms with E-state index in [0.29, 0.717) is 37.0 Å². The molecular formula is C28H30F3N5O4S. The molecule has 3 aromatic rings. The first kappa shape index (κ1) is 28.5. The quantitative estimate of drug-likeness (QED) is 0.370. The molecule has 0 spiro atoms. The Hall–Kier alpha value is -4.00. The summed E-state index contributed by atoms with van der Waals surface area (Å²) in [7, 11) is 3.00. The second-order valence-corrected chi connectivity index (χ2v) is 10.8. The van der Waals surface area contributed by atoms with Crippen LogP contribution in [0.3, 0.4) is 0 Å². The van der Waals surface area contributed by atoms with Crippen molar-refractivity contribution in [3.8, 4) is 11.5 Å². The van der Waals surface area contributed by atoms with Gasteiger partial charge in [-0.15, -0.1) is 11.3 Å². The number of pyridine rings is 1. The number of carboxylic acids is 1. The first-order valence-electron chi connectivity index (χ1n) is 13.0. The van der Waals surface area contributed by atoms with Gasteiger partial charge in [0.05, 0.1) is 42.1 Å². The van der Waals surface area contributed by atoms with E-state index in [1.165, 1.54) is 24.5 Å². The van der Waals surface area contributed by atoms with E-state index in [1.807, 2.05) is 29.3 Å². The summed E-state index contributed by atoms with van der Waals surface area (Å²) in [4.78, 5) is 27.8. The molecule has 13 heteroatoms. The normalized spacial score (nSPS) is 19.1. The van der Waals surface area contributed by atoms with Crippen LogP contribution in [-0.2, 0) is 11.0 Å². The average Bonchev–Trinajstić information content (AvgIpc) is 3.43. The van der Waals surface area contributed by atoms with E-state index in [9.17, 15) is 23.1 Å². The number of guanidine groups is 1. The van der Waals surface area contributed by atoms with Gasteiger partial charge in [-0.1, -0.05) is 0 Å². The van der Waals surface area contributed by atoms with Crippen LogP contribution < -0.4 is 19.3 Å². The number of benzene rings is 1. The van der Waals surface area contributed by atoms with Crippen LogP contribution in [0.1, 0.15) is 36.2 Å². The second kappa shape index (κ2) is 11.5. The highest BCUT2D eigenvalue weighted by Gasteiger charge is 2.40. The van der Waals surface area contributed by atoms with Crippen LogP contribution >= 0.6 is 11.3 Å². The van der Waals surface area contributed by atoms with Gasteiger partial charge in [0.2, 0.25) is 5.96 Å². The average molecular weight is 590 g/mol. The summed E-state index contributed by atoms with van der Waals surface area (Å²) in [6, 6.07) is 8.24. The van der Waals surface area contributed by atoms with Crippen LogP contribution in [0, 0.1) is 0 Å². The van der Waals surface area contributed by atoms with Gasteiger partial charge in [-0.05, 0) is 49.1 Å². The predicted molar refractivity (Wildman–Crippen MR) is 151 cm³/mol. The molecule has 0 saturated carbocycles. The number of carboxylic acid groups (broad SMARTS) is 1. The van der Waals surface area contributed by atoms with Crippen LogP contribution in [-0.4, -0.2) is 66.8 Å². The number of halogens is 3. The fraction of sp³-hybridized carbons (Fsp3) is 0.393. The minimum absolute atomic E-state index is 0.0300. The molecule has 0 aliphatic carbocycles. The van der Waals surface area contributed by atoms with Crippen molar-refractivity contribution in [1.29, 1.82) is 0 Å². The third kappa shape index (κ3) is 5.76. The topological polar surface area (TPSA) is 90.7 Å².